The number of hydrogen-bond donors (Lipinski definition) is 1. The molecule has 0 spiro atoms. The van der Waals surface area contributed by atoms with Crippen LogP contribution in [0.1, 0.15) is 17.4 Å². The molecule has 4 nitrogen and oxygen atoms in total. The predicted octanol–water partition coefficient (Wildman–Crippen LogP) is 1.87. The first-order chi connectivity index (χ1) is 7.00. The molecule has 0 aliphatic carbocycles. The molecule has 0 fully saturated rings. The van der Waals surface area contributed by atoms with Crippen LogP contribution in [0.3, 0.4) is 0 Å². The average molecular weight is 227 g/mol. The minimum absolute atomic E-state index is 0.232. The van der Waals surface area contributed by atoms with Gasteiger partial charge in [-0.2, -0.15) is 0 Å². The molecule has 1 heterocycles. The van der Waals surface area contributed by atoms with Gasteiger partial charge in [0.2, 0.25) is 0 Å². The summed E-state index contributed by atoms with van der Waals surface area (Å²) in [6, 6.07) is 0. The van der Waals surface area contributed by atoms with Crippen LogP contribution in [-0.2, 0) is 14.3 Å². The molecule has 1 N–H and O–H groups in total. The number of esters is 1. The summed E-state index contributed by atoms with van der Waals surface area (Å²) >= 11 is 1.57. The number of ether oxygens (including phenoxy) is 1. The number of thiophene rings is 1. The molecule has 0 saturated heterocycles. The van der Waals surface area contributed by atoms with E-state index in [2.05, 4.69) is 10.1 Å². The third-order valence-electron chi connectivity index (χ3n) is 1.83. The quantitative estimate of drug-likeness (QED) is 0.802. The summed E-state index contributed by atoms with van der Waals surface area (Å²) in [4.78, 5) is 22.9. The molecule has 1 aromatic heterocycles. The zero-order valence-corrected chi connectivity index (χ0v) is 9.73. The Morgan fingerprint density at radius 1 is 1.47 bits per heavy atom. The largest absolute Gasteiger partial charge is 0.456 e. The Balaban J connectivity index is 2.55. The van der Waals surface area contributed by atoms with Gasteiger partial charge in [-0.05, 0) is 24.8 Å². The molecule has 0 aliphatic heterocycles. The van der Waals surface area contributed by atoms with Crippen LogP contribution < -0.4 is 5.32 Å². The van der Waals surface area contributed by atoms with Crippen molar-refractivity contribution in [1.82, 2.24) is 0 Å². The molecule has 82 valence electrons. The van der Waals surface area contributed by atoms with Crippen molar-refractivity contribution in [2.45, 2.75) is 20.8 Å². The second-order valence-corrected chi connectivity index (χ2v) is 4.26. The summed E-state index contributed by atoms with van der Waals surface area (Å²) < 4.78 is 4.58. The first-order valence-electron chi connectivity index (χ1n) is 4.48. The summed E-state index contributed by atoms with van der Waals surface area (Å²) in [6.45, 7) is 4.89. The van der Waals surface area contributed by atoms with Crippen molar-refractivity contribution in [3.8, 4) is 0 Å². The van der Waals surface area contributed by atoms with Gasteiger partial charge in [0, 0.05) is 11.8 Å². The number of anilines is 1. The Morgan fingerprint density at radius 3 is 2.60 bits per heavy atom. The molecule has 1 amide bonds. The minimum atomic E-state index is -0.455. The molecule has 5 heteroatoms. The van der Waals surface area contributed by atoms with Crippen molar-refractivity contribution < 1.29 is 14.3 Å². The molecule has 1 rings (SSSR count). The molecule has 0 aromatic carbocycles. The van der Waals surface area contributed by atoms with Gasteiger partial charge < -0.3 is 10.1 Å². The highest BCUT2D eigenvalue weighted by Gasteiger charge is 2.09. The lowest BCUT2D eigenvalue weighted by Crippen LogP contribution is -2.20. The summed E-state index contributed by atoms with van der Waals surface area (Å²) in [7, 11) is 0. The van der Waals surface area contributed by atoms with E-state index in [1.165, 1.54) is 6.92 Å². The van der Waals surface area contributed by atoms with Gasteiger partial charge in [0.1, 0.15) is 0 Å². The maximum absolute atomic E-state index is 11.3. The lowest BCUT2D eigenvalue weighted by molar-refractivity contribution is -0.144. The molecule has 0 radical (unpaired) electrons. The van der Waals surface area contributed by atoms with Gasteiger partial charge in [0.25, 0.3) is 5.91 Å². The fraction of sp³-hybridized carbons (Fsp3) is 0.400. The molecule has 1 aromatic rings. The summed E-state index contributed by atoms with van der Waals surface area (Å²) in [5.74, 6) is -0.765. The molecular weight excluding hydrogens is 214 g/mol. The third-order valence-corrected chi connectivity index (χ3v) is 2.86. The van der Waals surface area contributed by atoms with Gasteiger partial charge in [0.05, 0.1) is 5.69 Å². The van der Waals surface area contributed by atoms with Crippen LogP contribution in [0.4, 0.5) is 5.69 Å². The monoisotopic (exact) mass is 227 g/mol. The highest BCUT2D eigenvalue weighted by molar-refractivity contribution is 7.10. The lowest BCUT2D eigenvalue weighted by Gasteiger charge is -2.05. The van der Waals surface area contributed by atoms with E-state index in [0.29, 0.717) is 0 Å². The van der Waals surface area contributed by atoms with Gasteiger partial charge in [-0.15, -0.1) is 11.3 Å². The van der Waals surface area contributed by atoms with Crippen molar-refractivity contribution >= 4 is 28.9 Å². The van der Waals surface area contributed by atoms with Gasteiger partial charge >= 0.3 is 5.97 Å². The minimum Gasteiger partial charge on any atom is -0.456 e. The Hall–Kier alpha value is -1.36. The fourth-order valence-corrected chi connectivity index (χ4v) is 1.90. The number of carbonyl (C=O) groups excluding carboxylic acids is 2. The predicted molar refractivity (Wildman–Crippen MR) is 59.1 cm³/mol. The van der Waals surface area contributed by atoms with Crippen molar-refractivity contribution in [3.05, 3.63) is 15.8 Å². The highest BCUT2D eigenvalue weighted by atomic mass is 32.1. The topological polar surface area (TPSA) is 55.4 Å². The Labute approximate surface area is 92.2 Å². The summed E-state index contributed by atoms with van der Waals surface area (Å²) in [5.41, 5.74) is 1.84. The molecule has 0 atom stereocenters. The van der Waals surface area contributed by atoms with Crippen LogP contribution in [0.25, 0.3) is 0 Å². The molecule has 15 heavy (non-hydrogen) atoms. The highest BCUT2D eigenvalue weighted by Crippen LogP contribution is 2.26. The van der Waals surface area contributed by atoms with Gasteiger partial charge in [-0.25, -0.2) is 0 Å². The molecule has 0 bridgehead atoms. The number of nitrogens with one attached hydrogen (secondary N) is 1. The first kappa shape index (κ1) is 11.7. The van der Waals surface area contributed by atoms with Crippen LogP contribution in [0.2, 0.25) is 0 Å². The fourth-order valence-electron chi connectivity index (χ4n) is 1.10. The molecular formula is C10H13NO3S. The maximum atomic E-state index is 11.3. The van der Waals surface area contributed by atoms with Gasteiger partial charge in [-0.3, -0.25) is 9.59 Å². The van der Waals surface area contributed by atoms with Crippen molar-refractivity contribution in [1.29, 1.82) is 0 Å². The van der Waals surface area contributed by atoms with E-state index in [9.17, 15) is 9.59 Å². The Bertz CT molecular complexity index is 365. The van der Waals surface area contributed by atoms with Gasteiger partial charge in [-0.1, -0.05) is 0 Å². The van der Waals surface area contributed by atoms with E-state index in [-0.39, 0.29) is 12.5 Å². The van der Waals surface area contributed by atoms with E-state index in [4.69, 9.17) is 0 Å². The smallest absolute Gasteiger partial charge is 0.303 e. The van der Waals surface area contributed by atoms with Crippen LogP contribution >= 0.6 is 11.3 Å². The SMILES string of the molecule is CC(=O)OCC(=O)Nc1c(C)csc1C. The van der Waals surface area contributed by atoms with E-state index < -0.39 is 5.97 Å². The van der Waals surface area contributed by atoms with Crippen LogP contribution in [0.5, 0.6) is 0 Å². The van der Waals surface area contributed by atoms with Crippen LogP contribution in [0.15, 0.2) is 5.38 Å². The zero-order valence-electron chi connectivity index (χ0n) is 8.92. The number of aryl methyl sites for hydroxylation is 2. The number of carbonyl (C=O) groups is 2. The second kappa shape index (κ2) is 4.93. The molecule has 0 unspecified atom stereocenters. The van der Waals surface area contributed by atoms with Crippen LogP contribution in [-0.4, -0.2) is 18.5 Å². The first-order valence-corrected chi connectivity index (χ1v) is 5.36. The lowest BCUT2D eigenvalue weighted by atomic mass is 10.3. The number of amides is 1. The normalized spacial score (nSPS) is 9.80. The van der Waals surface area contributed by atoms with Crippen molar-refractivity contribution in [2.75, 3.05) is 11.9 Å². The van der Waals surface area contributed by atoms with E-state index in [0.717, 1.165) is 16.1 Å². The molecule has 0 saturated carbocycles. The average Bonchev–Trinajstić information content (AvgIpc) is 2.46. The number of rotatable bonds is 3. The standard InChI is InChI=1S/C10H13NO3S/c1-6-5-15-7(2)10(6)11-9(13)4-14-8(3)12/h5H,4H2,1-3H3,(H,11,13). The maximum Gasteiger partial charge on any atom is 0.303 e. The Morgan fingerprint density at radius 2 is 2.13 bits per heavy atom. The summed E-state index contributed by atoms with van der Waals surface area (Å²) in [6.07, 6.45) is 0. The molecule has 0 aliphatic rings. The summed E-state index contributed by atoms with van der Waals surface area (Å²) in [5, 5.41) is 4.68. The number of hydrogen-bond acceptors (Lipinski definition) is 4. The van der Waals surface area contributed by atoms with E-state index >= 15 is 0 Å². The van der Waals surface area contributed by atoms with Gasteiger partial charge in [0.15, 0.2) is 6.61 Å². The zero-order chi connectivity index (χ0) is 11.4. The van der Waals surface area contributed by atoms with E-state index in [1.807, 2.05) is 19.2 Å². The van der Waals surface area contributed by atoms with E-state index in [1.54, 1.807) is 11.3 Å². The Kier molecular flexibility index (Phi) is 3.85. The van der Waals surface area contributed by atoms with Crippen molar-refractivity contribution in [2.24, 2.45) is 0 Å². The second-order valence-electron chi connectivity index (χ2n) is 3.18. The third kappa shape index (κ3) is 3.36. The van der Waals surface area contributed by atoms with Crippen LogP contribution in [0, 0.1) is 13.8 Å². The van der Waals surface area contributed by atoms with Crippen molar-refractivity contribution in [3.63, 3.8) is 0 Å².